The van der Waals surface area contributed by atoms with Crippen molar-refractivity contribution in [2.24, 2.45) is 9.98 Å². The lowest BCUT2D eigenvalue weighted by molar-refractivity contribution is -0.130. The van der Waals surface area contributed by atoms with E-state index in [0.29, 0.717) is 18.3 Å². The summed E-state index contributed by atoms with van der Waals surface area (Å²) in [6, 6.07) is 9.16. The third-order valence-corrected chi connectivity index (χ3v) is 6.99. The van der Waals surface area contributed by atoms with Gasteiger partial charge in [0.1, 0.15) is 5.70 Å². The molecule has 1 aliphatic carbocycles. The van der Waals surface area contributed by atoms with Gasteiger partial charge in [0.25, 0.3) is 5.91 Å². The molecule has 1 aromatic carbocycles. The topological polar surface area (TPSA) is 89.4 Å². The molecule has 0 radical (unpaired) electrons. The fraction of sp³-hybridized carbons (Fsp3) is 0.556. The second-order valence-electron chi connectivity index (χ2n) is 9.41. The highest BCUT2D eigenvalue weighted by atomic mass is 16.2. The molecule has 1 aliphatic heterocycles. The number of benzene rings is 1. The van der Waals surface area contributed by atoms with Gasteiger partial charge in [0, 0.05) is 59.5 Å². The zero-order chi connectivity index (χ0) is 25.0. The first kappa shape index (κ1) is 26.6. The monoisotopic (exact) mass is 480 g/mol. The largest absolute Gasteiger partial charge is 0.351 e. The van der Waals surface area contributed by atoms with Gasteiger partial charge in [-0.2, -0.15) is 0 Å². The number of carbonyl (C=O) groups excluding carboxylic acids is 2. The average molecular weight is 481 g/mol. The predicted molar refractivity (Wildman–Crippen MR) is 142 cm³/mol. The van der Waals surface area contributed by atoms with Gasteiger partial charge in [-0.25, -0.2) is 0 Å². The molecule has 8 heteroatoms. The number of nitrogens with zero attached hydrogens (tertiary/aromatic N) is 4. The molecule has 1 aromatic rings. The fourth-order valence-electron chi connectivity index (χ4n) is 4.76. The molecule has 0 spiro atoms. The van der Waals surface area contributed by atoms with Crippen molar-refractivity contribution in [1.29, 1.82) is 0 Å². The van der Waals surface area contributed by atoms with Crippen LogP contribution in [-0.2, 0) is 22.6 Å². The minimum atomic E-state index is -0.160. The van der Waals surface area contributed by atoms with Crippen LogP contribution in [0.5, 0.6) is 0 Å². The Morgan fingerprint density at radius 1 is 1.17 bits per heavy atom. The fourth-order valence-corrected chi connectivity index (χ4v) is 4.76. The Balaban J connectivity index is 1.42. The second kappa shape index (κ2) is 13.8. The molecule has 1 fully saturated rings. The van der Waals surface area contributed by atoms with E-state index in [1.165, 1.54) is 17.5 Å². The molecule has 2 N–H and O–H groups in total. The highest BCUT2D eigenvalue weighted by molar-refractivity contribution is 5.98. The summed E-state index contributed by atoms with van der Waals surface area (Å²) >= 11 is 0. The van der Waals surface area contributed by atoms with Crippen molar-refractivity contribution in [3.05, 3.63) is 47.2 Å². The van der Waals surface area contributed by atoms with Crippen LogP contribution in [0.3, 0.4) is 0 Å². The molecule has 2 aliphatic rings. The molecule has 0 unspecified atom stereocenters. The van der Waals surface area contributed by atoms with Crippen LogP contribution in [0, 0.1) is 0 Å². The summed E-state index contributed by atoms with van der Waals surface area (Å²) in [4.78, 5) is 37.1. The molecule has 190 valence electrons. The number of nitrogens with one attached hydrogen (secondary N) is 2. The highest BCUT2D eigenvalue weighted by Gasteiger charge is 2.24. The van der Waals surface area contributed by atoms with Gasteiger partial charge in [-0.3, -0.25) is 24.5 Å². The number of hydrogen-bond acceptors (Lipinski definition) is 5. The highest BCUT2D eigenvalue weighted by Crippen LogP contribution is 2.24. The number of allylic oxidation sites excluding steroid dienone is 1. The Bertz CT molecular complexity index is 933. The maximum atomic E-state index is 12.7. The van der Waals surface area contributed by atoms with Crippen molar-refractivity contribution < 1.29 is 9.59 Å². The first-order valence-electron chi connectivity index (χ1n) is 12.7. The third kappa shape index (κ3) is 8.31. The van der Waals surface area contributed by atoms with E-state index in [9.17, 15) is 9.59 Å². The van der Waals surface area contributed by atoms with E-state index in [1.807, 2.05) is 11.9 Å². The van der Waals surface area contributed by atoms with Crippen molar-refractivity contribution in [1.82, 2.24) is 20.4 Å². The van der Waals surface area contributed by atoms with Gasteiger partial charge < -0.3 is 15.5 Å². The quantitative estimate of drug-likeness (QED) is 0.233. The van der Waals surface area contributed by atoms with E-state index in [1.54, 1.807) is 26.3 Å². The van der Waals surface area contributed by atoms with Gasteiger partial charge >= 0.3 is 0 Å². The molecule has 1 heterocycles. The number of amides is 2. The summed E-state index contributed by atoms with van der Waals surface area (Å²) in [5, 5.41) is 5.96. The number of aliphatic imine (C=N–C) groups is 2. The molecule has 0 bridgehead atoms. The summed E-state index contributed by atoms with van der Waals surface area (Å²) in [6.45, 7) is 5.23. The number of rotatable bonds is 10. The SMILES string of the molecule is CN=CNC(=CC=NC1CCC(N(C)C(C)=O)CC1)C(=O)NCCCN1CCc2ccccc2C1. The van der Waals surface area contributed by atoms with Crippen molar-refractivity contribution in [2.75, 3.05) is 33.7 Å². The first-order chi connectivity index (χ1) is 17.0. The maximum Gasteiger partial charge on any atom is 0.267 e. The van der Waals surface area contributed by atoms with E-state index >= 15 is 0 Å². The number of hydrogen-bond donors (Lipinski definition) is 2. The Morgan fingerprint density at radius 2 is 1.91 bits per heavy atom. The standard InChI is InChI=1S/C27H40N6O2/c1-21(34)32(3)25-11-9-24(10-12-25)29-16-13-26(31-20-28-2)27(35)30-15-6-17-33-18-14-22-7-4-5-8-23(22)19-33/h4-5,7-8,13,16,20,24-25H,6,9-12,14-15,17-19H2,1-3H3,(H,28,31)(H,30,35). The Morgan fingerprint density at radius 3 is 2.63 bits per heavy atom. The van der Waals surface area contributed by atoms with E-state index in [2.05, 4.69) is 49.8 Å². The molecule has 3 rings (SSSR count). The minimum Gasteiger partial charge on any atom is -0.351 e. The molecule has 8 nitrogen and oxygen atoms in total. The van der Waals surface area contributed by atoms with Crippen molar-refractivity contribution in [3.8, 4) is 0 Å². The van der Waals surface area contributed by atoms with Crippen LogP contribution in [0.1, 0.15) is 50.2 Å². The van der Waals surface area contributed by atoms with Crippen molar-refractivity contribution in [2.45, 2.75) is 64.1 Å². The number of fused-ring (bicyclic) bond motifs is 1. The second-order valence-corrected chi connectivity index (χ2v) is 9.41. The van der Waals surface area contributed by atoms with Crippen LogP contribution in [0.2, 0.25) is 0 Å². The van der Waals surface area contributed by atoms with Crippen LogP contribution in [0.15, 0.2) is 46.0 Å². The van der Waals surface area contributed by atoms with Crippen LogP contribution in [-0.4, -0.2) is 80.0 Å². The van der Waals surface area contributed by atoms with Gasteiger partial charge in [0.2, 0.25) is 5.91 Å². The molecule has 0 saturated heterocycles. The Labute approximate surface area is 209 Å². The predicted octanol–water partition coefficient (Wildman–Crippen LogP) is 2.54. The van der Waals surface area contributed by atoms with Gasteiger partial charge in [-0.15, -0.1) is 0 Å². The van der Waals surface area contributed by atoms with Gasteiger partial charge in [-0.05, 0) is 55.7 Å². The lowest BCUT2D eigenvalue weighted by Gasteiger charge is -2.32. The van der Waals surface area contributed by atoms with Crippen LogP contribution in [0.25, 0.3) is 0 Å². The van der Waals surface area contributed by atoms with Crippen LogP contribution in [0.4, 0.5) is 0 Å². The summed E-state index contributed by atoms with van der Waals surface area (Å²) in [7, 11) is 3.53. The number of carbonyl (C=O) groups is 2. The summed E-state index contributed by atoms with van der Waals surface area (Å²) in [5.74, 6) is -0.0485. The first-order valence-corrected chi connectivity index (χ1v) is 12.7. The average Bonchev–Trinajstić information content (AvgIpc) is 2.88. The smallest absolute Gasteiger partial charge is 0.267 e. The zero-order valence-electron chi connectivity index (χ0n) is 21.4. The zero-order valence-corrected chi connectivity index (χ0v) is 21.4. The molecule has 1 saturated carbocycles. The van der Waals surface area contributed by atoms with Crippen molar-refractivity contribution >= 4 is 24.4 Å². The molecule has 0 aromatic heterocycles. The summed E-state index contributed by atoms with van der Waals surface area (Å²) in [5.41, 5.74) is 3.29. The van der Waals surface area contributed by atoms with E-state index in [4.69, 9.17) is 0 Å². The Hall–Kier alpha value is -3.00. The van der Waals surface area contributed by atoms with Crippen molar-refractivity contribution in [3.63, 3.8) is 0 Å². The lowest BCUT2D eigenvalue weighted by atomic mass is 9.90. The van der Waals surface area contributed by atoms with Gasteiger partial charge in [0.05, 0.1) is 12.4 Å². The molecular weight excluding hydrogens is 440 g/mol. The van der Waals surface area contributed by atoms with E-state index in [0.717, 1.165) is 58.2 Å². The molecular formula is C27H40N6O2. The maximum absolute atomic E-state index is 12.7. The van der Waals surface area contributed by atoms with E-state index < -0.39 is 0 Å². The lowest BCUT2D eigenvalue weighted by Crippen LogP contribution is -2.38. The van der Waals surface area contributed by atoms with Crippen LogP contribution < -0.4 is 10.6 Å². The van der Waals surface area contributed by atoms with Gasteiger partial charge in [0.15, 0.2) is 0 Å². The molecule has 2 amide bonds. The molecule has 35 heavy (non-hydrogen) atoms. The van der Waals surface area contributed by atoms with Gasteiger partial charge in [-0.1, -0.05) is 24.3 Å². The minimum absolute atomic E-state index is 0.112. The Kier molecular flexibility index (Phi) is 10.5. The summed E-state index contributed by atoms with van der Waals surface area (Å²) < 4.78 is 0. The third-order valence-electron chi connectivity index (χ3n) is 6.99. The van der Waals surface area contributed by atoms with Crippen LogP contribution >= 0.6 is 0 Å². The normalized spacial score (nSPS) is 21.2. The summed E-state index contributed by atoms with van der Waals surface area (Å²) in [6.07, 6.45) is 10.7. The molecule has 0 atom stereocenters. The van der Waals surface area contributed by atoms with E-state index in [-0.39, 0.29) is 17.9 Å².